The molecule has 1 aromatic carbocycles. The molecular weight excluding hydrogens is 224 g/mol. The first-order chi connectivity index (χ1) is 8.86. The largest absolute Gasteiger partial charge is 0.356 e. The van der Waals surface area contributed by atoms with Crippen molar-refractivity contribution in [2.24, 2.45) is 5.92 Å². The Morgan fingerprint density at radius 2 is 1.94 bits per heavy atom. The summed E-state index contributed by atoms with van der Waals surface area (Å²) in [6, 6.07) is 10.6. The number of hydrogen-bond donors (Lipinski definition) is 2. The third-order valence-electron chi connectivity index (χ3n) is 3.44. The molecule has 0 unspecified atom stereocenters. The molecule has 0 radical (unpaired) electrons. The first-order valence-electron chi connectivity index (χ1n) is 6.88. The molecule has 1 heterocycles. The zero-order valence-corrected chi connectivity index (χ0v) is 10.8. The number of aryl methyl sites for hydroxylation is 1. The Labute approximate surface area is 109 Å². The number of rotatable bonds is 7. The molecule has 0 saturated carbocycles. The number of nitrogens with one attached hydrogen (secondary N) is 2. The fourth-order valence-corrected chi connectivity index (χ4v) is 2.11. The molecule has 2 rings (SSSR count). The van der Waals surface area contributed by atoms with Gasteiger partial charge in [-0.3, -0.25) is 4.79 Å². The highest BCUT2D eigenvalue weighted by Gasteiger charge is 2.23. The van der Waals surface area contributed by atoms with Gasteiger partial charge in [0.15, 0.2) is 0 Å². The van der Waals surface area contributed by atoms with E-state index in [1.807, 2.05) is 6.07 Å². The van der Waals surface area contributed by atoms with Crippen molar-refractivity contribution in [3.05, 3.63) is 35.9 Å². The average Bonchev–Trinajstić information content (AvgIpc) is 2.33. The lowest BCUT2D eigenvalue weighted by Gasteiger charge is -2.25. The summed E-state index contributed by atoms with van der Waals surface area (Å²) in [4.78, 5) is 11.5. The minimum atomic E-state index is 0.217. The van der Waals surface area contributed by atoms with E-state index >= 15 is 0 Å². The third kappa shape index (κ3) is 4.15. The van der Waals surface area contributed by atoms with Gasteiger partial charge in [0.25, 0.3) is 0 Å². The van der Waals surface area contributed by atoms with Crippen molar-refractivity contribution in [2.45, 2.75) is 25.7 Å². The van der Waals surface area contributed by atoms with Crippen LogP contribution in [0.3, 0.4) is 0 Å². The molecule has 0 bridgehead atoms. The molecule has 98 valence electrons. The summed E-state index contributed by atoms with van der Waals surface area (Å²) in [5, 5.41) is 6.11. The SMILES string of the molecule is O=C(NCCCCCc1ccccc1)C1CNC1. The summed E-state index contributed by atoms with van der Waals surface area (Å²) in [7, 11) is 0. The van der Waals surface area contributed by atoms with Crippen LogP contribution in [0.25, 0.3) is 0 Å². The molecule has 18 heavy (non-hydrogen) atoms. The lowest BCUT2D eigenvalue weighted by Crippen LogP contribution is -2.50. The van der Waals surface area contributed by atoms with Crippen molar-refractivity contribution in [2.75, 3.05) is 19.6 Å². The van der Waals surface area contributed by atoms with E-state index in [9.17, 15) is 4.79 Å². The molecule has 0 aliphatic carbocycles. The zero-order valence-electron chi connectivity index (χ0n) is 10.8. The van der Waals surface area contributed by atoms with E-state index in [0.717, 1.165) is 32.5 Å². The second-order valence-electron chi connectivity index (χ2n) is 4.94. The van der Waals surface area contributed by atoms with E-state index in [4.69, 9.17) is 0 Å². The van der Waals surface area contributed by atoms with Crippen LogP contribution in [0, 0.1) is 5.92 Å². The molecule has 2 N–H and O–H groups in total. The van der Waals surface area contributed by atoms with Gasteiger partial charge in [-0.05, 0) is 24.8 Å². The highest BCUT2D eigenvalue weighted by Crippen LogP contribution is 2.06. The average molecular weight is 246 g/mol. The number of carbonyl (C=O) groups excluding carboxylic acids is 1. The number of carbonyl (C=O) groups is 1. The Bertz CT molecular complexity index is 360. The summed E-state index contributed by atoms with van der Waals surface area (Å²) in [5.41, 5.74) is 1.40. The molecule has 0 atom stereocenters. The van der Waals surface area contributed by atoms with Crippen molar-refractivity contribution in [1.82, 2.24) is 10.6 Å². The van der Waals surface area contributed by atoms with E-state index in [-0.39, 0.29) is 11.8 Å². The normalized spacial score (nSPS) is 15.1. The molecule has 1 saturated heterocycles. The van der Waals surface area contributed by atoms with Crippen LogP contribution in [-0.2, 0) is 11.2 Å². The van der Waals surface area contributed by atoms with Gasteiger partial charge in [0.2, 0.25) is 5.91 Å². The highest BCUT2D eigenvalue weighted by molar-refractivity contribution is 5.79. The lowest BCUT2D eigenvalue weighted by molar-refractivity contribution is -0.126. The predicted octanol–water partition coefficient (Wildman–Crippen LogP) is 1.73. The molecule has 1 aliphatic heterocycles. The second-order valence-corrected chi connectivity index (χ2v) is 4.94. The summed E-state index contributed by atoms with van der Waals surface area (Å²) in [6.45, 7) is 2.52. The number of amides is 1. The fourth-order valence-electron chi connectivity index (χ4n) is 2.11. The van der Waals surface area contributed by atoms with E-state index in [2.05, 4.69) is 34.9 Å². The Hall–Kier alpha value is -1.35. The van der Waals surface area contributed by atoms with E-state index in [1.54, 1.807) is 0 Å². The van der Waals surface area contributed by atoms with Crippen LogP contribution in [0.15, 0.2) is 30.3 Å². The minimum Gasteiger partial charge on any atom is -0.356 e. The maximum Gasteiger partial charge on any atom is 0.225 e. The lowest BCUT2D eigenvalue weighted by atomic mass is 10.0. The molecule has 1 amide bonds. The Morgan fingerprint density at radius 3 is 2.61 bits per heavy atom. The molecule has 3 nitrogen and oxygen atoms in total. The smallest absolute Gasteiger partial charge is 0.225 e. The van der Waals surface area contributed by atoms with E-state index < -0.39 is 0 Å². The summed E-state index contributed by atoms with van der Waals surface area (Å²) < 4.78 is 0. The van der Waals surface area contributed by atoms with E-state index in [0.29, 0.717) is 0 Å². The Balaban J connectivity index is 1.47. The van der Waals surface area contributed by atoms with Crippen LogP contribution in [0.5, 0.6) is 0 Å². The van der Waals surface area contributed by atoms with Crippen LogP contribution in [-0.4, -0.2) is 25.5 Å². The summed E-state index contributed by atoms with van der Waals surface area (Å²) >= 11 is 0. The minimum absolute atomic E-state index is 0.217. The first kappa shape index (κ1) is 13.1. The van der Waals surface area contributed by atoms with Crippen LogP contribution in [0.2, 0.25) is 0 Å². The van der Waals surface area contributed by atoms with Gasteiger partial charge in [-0.2, -0.15) is 0 Å². The second kappa shape index (κ2) is 7.17. The maximum atomic E-state index is 11.5. The quantitative estimate of drug-likeness (QED) is 0.719. The topological polar surface area (TPSA) is 41.1 Å². The van der Waals surface area contributed by atoms with Crippen molar-refractivity contribution in [3.63, 3.8) is 0 Å². The standard InChI is InChI=1S/C15H22N2O/c18-15(14-11-16-12-14)17-10-6-2-5-9-13-7-3-1-4-8-13/h1,3-4,7-8,14,16H,2,5-6,9-12H2,(H,17,18). The van der Waals surface area contributed by atoms with Crippen LogP contribution < -0.4 is 10.6 Å². The monoisotopic (exact) mass is 246 g/mol. The molecule has 0 spiro atoms. The van der Waals surface area contributed by atoms with Crippen LogP contribution in [0.1, 0.15) is 24.8 Å². The summed E-state index contributed by atoms with van der Waals surface area (Å²) in [6.07, 6.45) is 4.60. The van der Waals surface area contributed by atoms with Gasteiger partial charge in [0.1, 0.15) is 0 Å². The first-order valence-corrected chi connectivity index (χ1v) is 6.88. The predicted molar refractivity (Wildman–Crippen MR) is 73.4 cm³/mol. The Kier molecular flexibility index (Phi) is 5.21. The van der Waals surface area contributed by atoms with Crippen LogP contribution in [0.4, 0.5) is 0 Å². The van der Waals surface area contributed by atoms with Crippen LogP contribution >= 0.6 is 0 Å². The van der Waals surface area contributed by atoms with Gasteiger partial charge in [0, 0.05) is 19.6 Å². The van der Waals surface area contributed by atoms with Gasteiger partial charge < -0.3 is 10.6 Å². The number of benzene rings is 1. The van der Waals surface area contributed by atoms with Gasteiger partial charge >= 0.3 is 0 Å². The van der Waals surface area contributed by atoms with Crippen molar-refractivity contribution in [1.29, 1.82) is 0 Å². The third-order valence-corrected chi connectivity index (χ3v) is 3.44. The molecule has 1 fully saturated rings. The van der Waals surface area contributed by atoms with Gasteiger partial charge in [-0.1, -0.05) is 36.8 Å². The molecule has 1 aliphatic rings. The molecule has 0 aromatic heterocycles. The molecule has 1 aromatic rings. The van der Waals surface area contributed by atoms with Crippen molar-refractivity contribution >= 4 is 5.91 Å². The van der Waals surface area contributed by atoms with Gasteiger partial charge in [0.05, 0.1) is 5.92 Å². The maximum absolute atomic E-state index is 11.5. The highest BCUT2D eigenvalue weighted by atomic mass is 16.2. The van der Waals surface area contributed by atoms with Crippen molar-refractivity contribution in [3.8, 4) is 0 Å². The van der Waals surface area contributed by atoms with E-state index in [1.165, 1.54) is 18.4 Å². The molecular formula is C15H22N2O. The Morgan fingerprint density at radius 1 is 1.17 bits per heavy atom. The number of unbranched alkanes of at least 4 members (excludes halogenated alkanes) is 2. The summed E-state index contributed by atoms with van der Waals surface area (Å²) in [5.74, 6) is 0.436. The van der Waals surface area contributed by atoms with Gasteiger partial charge in [-0.25, -0.2) is 0 Å². The molecule has 3 heteroatoms. The van der Waals surface area contributed by atoms with Crippen molar-refractivity contribution < 1.29 is 4.79 Å². The zero-order chi connectivity index (χ0) is 12.6. The fraction of sp³-hybridized carbons (Fsp3) is 0.533. The van der Waals surface area contributed by atoms with Gasteiger partial charge in [-0.15, -0.1) is 0 Å². The number of hydrogen-bond acceptors (Lipinski definition) is 2.